The average molecular weight is 421 g/mol. The van der Waals surface area contributed by atoms with E-state index in [0.717, 1.165) is 60.2 Å². The average Bonchev–Trinajstić information content (AvgIpc) is 3.41. The summed E-state index contributed by atoms with van der Waals surface area (Å²) in [5.74, 6) is 2.92. The van der Waals surface area contributed by atoms with Crippen molar-refractivity contribution in [3.8, 4) is 5.75 Å². The van der Waals surface area contributed by atoms with Crippen LogP contribution in [0.1, 0.15) is 5.69 Å². The second-order valence-electron chi connectivity index (χ2n) is 7.56. The number of aromatic nitrogens is 3. The Kier molecular flexibility index (Phi) is 6.32. The molecule has 3 aromatic rings. The highest BCUT2D eigenvalue weighted by Crippen LogP contribution is 2.21. The van der Waals surface area contributed by atoms with E-state index >= 15 is 0 Å². The molecular formula is C22H28N8O. The van der Waals surface area contributed by atoms with Gasteiger partial charge in [0.15, 0.2) is 6.73 Å². The van der Waals surface area contributed by atoms with Gasteiger partial charge in [0.05, 0.1) is 6.20 Å². The number of H-pyrrole nitrogens is 2. The van der Waals surface area contributed by atoms with Crippen LogP contribution < -0.4 is 10.1 Å². The summed E-state index contributed by atoms with van der Waals surface area (Å²) in [5.41, 5.74) is 2.22. The number of hydrogen-bond donors (Lipinski definition) is 3. The first-order valence-electron chi connectivity index (χ1n) is 10.3. The maximum absolute atomic E-state index is 5.94. The van der Waals surface area contributed by atoms with Crippen LogP contribution in [0.5, 0.6) is 5.75 Å². The fourth-order valence-corrected chi connectivity index (χ4v) is 3.50. The molecule has 9 heteroatoms. The molecule has 2 aromatic heterocycles. The molecule has 9 nitrogen and oxygen atoms in total. The van der Waals surface area contributed by atoms with Gasteiger partial charge in [0.2, 0.25) is 0 Å². The third-order valence-corrected chi connectivity index (χ3v) is 5.21. The molecule has 31 heavy (non-hydrogen) atoms. The number of nitrogens with one attached hydrogen (secondary N) is 3. The molecule has 0 radical (unpaired) electrons. The number of amidine groups is 1. The minimum absolute atomic E-state index is 0.210. The third kappa shape index (κ3) is 5.32. The van der Waals surface area contributed by atoms with Crippen molar-refractivity contribution in [3.63, 3.8) is 0 Å². The molecule has 1 aliphatic heterocycles. The van der Waals surface area contributed by atoms with Gasteiger partial charge < -0.3 is 24.8 Å². The first-order valence-corrected chi connectivity index (χ1v) is 10.3. The van der Waals surface area contributed by atoms with E-state index in [2.05, 4.69) is 55.1 Å². The van der Waals surface area contributed by atoms with E-state index in [9.17, 15) is 0 Å². The minimum Gasteiger partial charge on any atom is -0.471 e. The number of piperazine rings is 1. The number of aryl methyl sites for hydroxylation is 1. The van der Waals surface area contributed by atoms with Gasteiger partial charge in [-0.05, 0) is 45.0 Å². The molecule has 0 saturated carbocycles. The van der Waals surface area contributed by atoms with Crippen molar-refractivity contribution >= 4 is 29.3 Å². The molecule has 0 unspecified atom stereocenters. The largest absolute Gasteiger partial charge is 0.471 e. The summed E-state index contributed by atoms with van der Waals surface area (Å²) in [6, 6.07) is 9.93. The highest BCUT2D eigenvalue weighted by atomic mass is 16.5. The number of hydrogen-bond acceptors (Lipinski definition) is 6. The lowest BCUT2D eigenvalue weighted by atomic mass is 10.2. The number of fused-ring (bicyclic) bond motifs is 1. The second kappa shape index (κ2) is 9.48. The summed E-state index contributed by atoms with van der Waals surface area (Å²) in [5, 5.41) is 11.1. The van der Waals surface area contributed by atoms with Gasteiger partial charge in [0, 0.05) is 54.9 Å². The standard InChI is InChI=1S/C22H28N8O/c1-16-12-17-13-18(4-5-19(17)26-16)31-15-24-22(30-10-8-29(3)9-11-30)14-21(23-2)27-20-6-7-25-28-20/h4-7,12-14,26H,2,8-11,15H2,1,3H3,(H2,25,27,28)/b21-14+,24-22+. The fraction of sp³-hybridized carbons (Fsp3) is 0.318. The van der Waals surface area contributed by atoms with E-state index in [0.29, 0.717) is 5.82 Å². The summed E-state index contributed by atoms with van der Waals surface area (Å²) in [7, 11) is 2.13. The van der Waals surface area contributed by atoms with Gasteiger partial charge in [0.1, 0.15) is 23.2 Å². The first kappa shape index (κ1) is 20.7. The monoisotopic (exact) mass is 420 g/mol. The predicted molar refractivity (Wildman–Crippen MR) is 125 cm³/mol. The zero-order chi connectivity index (χ0) is 21.6. The van der Waals surface area contributed by atoms with Gasteiger partial charge in [-0.3, -0.25) is 5.10 Å². The van der Waals surface area contributed by atoms with Crippen LogP contribution >= 0.6 is 0 Å². The van der Waals surface area contributed by atoms with E-state index in [1.165, 1.54) is 0 Å². The molecule has 162 valence electrons. The van der Waals surface area contributed by atoms with Gasteiger partial charge >= 0.3 is 0 Å². The van der Waals surface area contributed by atoms with Crippen molar-refractivity contribution in [2.24, 2.45) is 9.98 Å². The van der Waals surface area contributed by atoms with Gasteiger partial charge in [-0.2, -0.15) is 5.10 Å². The summed E-state index contributed by atoms with van der Waals surface area (Å²) in [4.78, 5) is 16.7. The summed E-state index contributed by atoms with van der Waals surface area (Å²) in [6.45, 7) is 9.65. The van der Waals surface area contributed by atoms with Crippen LogP contribution in [-0.2, 0) is 0 Å². The molecule has 0 bridgehead atoms. The lowest BCUT2D eigenvalue weighted by molar-refractivity contribution is 0.214. The van der Waals surface area contributed by atoms with Gasteiger partial charge in [0.25, 0.3) is 0 Å². The van der Waals surface area contributed by atoms with Crippen molar-refractivity contribution in [1.82, 2.24) is 25.0 Å². The Labute approximate surface area is 181 Å². The number of anilines is 1. The quantitative estimate of drug-likeness (QED) is 0.403. The first-order chi connectivity index (χ1) is 15.1. The lowest BCUT2D eigenvalue weighted by Crippen LogP contribution is -2.47. The number of aromatic amines is 2. The number of likely N-dealkylation sites (N-methyl/N-ethyl adjacent to an activating group) is 1. The molecule has 3 heterocycles. The van der Waals surface area contributed by atoms with Crippen LogP contribution in [0.3, 0.4) is 0 Å². The van der Waals surface area contributed by atoms with Crippen LogP contribution in [-0.4, -0.2) is 77.5 Å². The molecule has 1 saturated heterocycles. The Balaban J connectivity index is 1.51. The third-order valence-electron chi connectivity index (χ3n) is 5.21. The predicted octanol–water partition coefficient (Wildman–Crippen LogP) is 2.84. The number of nitrogens with zero attached hydrogens (tertiary/aromatic N) is 5. The summed E-state index contributed by atoms with van der Waals surface area (Å²) < 4.78 is 5.94. The van der Waals surface area contributed by atoms with Crippen LogP contribution in [0.25, 0.3) is 10.9 Å². The zero-order valence-electron chi connectivity index (χ0n) is 17.9. The van der Waals surface area contributed by atoms with Crippen LogP contribution in [0.4, 0.5) is 5.82 Å². The highest BCUT2D eigenvalue weighted by molar-refractivity contribution is 5.94. The Morgan fingerprint density at radius 3 is 2.84 bits per heavy atom. The molecule has 1 fully saturated rings. The SMILES string of the molecule is C=N/C(=C\C(=N/COc1ccc2[nH]c(C)cc2c1)N1CCN(C)CC1)Nc1ccn[nH]1. The van der Waals surface area contributed by atoms with Crippen LogP contribution in [0, 0.1) is 6.92 Å². The number of ether oxygens (including phenoxy) is 1. The van der Waals surface area contributed by atoms with Crippen LogP contribution in [0.2, 0.25) is 0 Å². The molecule has 0 amide bonds. The summed E-state index contributed by atoms with van der Waals surface area (Å²) >= 11 is 0. The molecule has 1 aliphatic rings. The Morgan fingerprint density at radius 2 is 2.10 bits per heavy atom. The van der Waals surface area contributed by atoms with Crippen molar-refractivity contribution in [3.05, 3.63) is 54.1 Å². The normalized spacial score (nSPS) is 16.0. The van der Waals surface area contributed by atoms with Crippen molar-refractivity contribution in [2.75, 3.05) is 45.3 Å². The van der Waals surface area contributed by atoms with Crippen molar-refractivity contribution < 1.29 is 4.74 Å². The molecule has 0 aliphatic carbocycles. The van der Waals surface area contributed by atoms with Gasteiger partial charge in [-0.1, -0.05) is 0 Å². The fourth-order valence-electron chi connectivity index (χ4n) is 3.50. The number of rotatable bonds is 7. The molecule has 3 N–H and O–H groups in total. The van der Waals surface area contributed by atoms with Gasteiger partial charge in [-0.15, -0.1) is 0 Å². The molecule has 1 aromatic carbocycles. The topological polar surface area (TPSA) is 96.9 Å². The highest BCUT2D eigenvalue weighted by Gasteiger charge is 2.17. The van der Waals surface area contributed by atoms with E-state index < -0.39 is 0 Å². The number of benzene rings is 1. The van der Waals surface area contributed by atoms with E-state index in [4.69, 9.17) is 9.73 Å². The molecule has 4 rings (SSSR count). The molecule has 0 atom stereocenters. The summed E-state index contributed by atoms with van der Waals surface area (Å²) in [6.07, 6.45) is 3.57. The maximum atomic E-state index is 5.94. The zero-order valence-corrected chi connectivity index (χ0v) is 17.9. The minimum atomic E-state index is 0.210. The maximum Gasteiger partial charge on any atom is 0.181 e. The molecular weight excluding hydrogens is 392 g/mol. The Morgan fingerprint density at radius 1 is 1.26 bits per heavy atom. The van der Waals surface area contributed by atoms with E-state index in [1.54, 1.807) is 6.20 Å². The van der Waals surface area contributed by atoms with Crippen molar-refractivity contribution in [1.29, 1.82) is 0 Å². The second-order valence-corrected chi connectivity index (χ2v) is 7.56. The van der Waals surface area contributed by atoms with Crippen LogP contribution in [0.15, 0.2) is 58.4 Å². The number of aliphatic imine (C=N–C) groups is 2. The molecule has 0 spiro atoms. The van der Waals surface area contributed by atoms with Crippen molar-refractivity contribution in [2.45, 2.75) is 6.92 Å². The lowest BCUT2D eigenvalue weighted by Gasteiger charge is -2.33. The Bertz CT molecular complexity index is 1070. The van der Waals surface area contributed by atoms with E-state index in [1.807, 2.05) is 37.3 Å². The van der Waals surface area contributed by atoms with Gasteiger partial charge in [-0.25, -0.2) is 9.98 Å². The Hall–Kier alpha value is -3.59. The van der Waals surface area contributed by atoms with E-state index in [-0.39, 0.29) is 6.73 Å². The smallest absolute Gasteiger partial charge is 0.181 e.